The van der Waals surface area contributed by atoms with Gasteiger partial charge in [0, 0.05) is 11.1 Å². The molecule has 3 nitrogen and oxygen atoms in total. The molecule has 0 aromatic heterocycles. The van der Waals surface area contributed by atoms with Crippen molar-refractivity contribution in [2.75, 3.05) is 0 Å². The van der Waals surface area contributed by atoms with Crippen molar-refractivity contribution in [2.45, 2.75) is 41.5 Å². The van der Waals surface area contributed by atoms with Crippen LogP contribution in [0.5, 0.6) is 17.2 Å². The normalized spacial score (nSPS) is 10.3. The SMILES string of the molecule is Cc1cc(C)c(O)c(-c2cc(C)cc(C)c2O)c1.Cc1ccc(O)c(C)c1. The highest BCUT2D eigenvalue weighted by Gasteiger charge is 2.13. The third kappa shape index (κ3) is 4.82. The molecule has 0 amide bonds. The average molecular weight is 364 g/mol. The lowest BCUT2D eigenvalue weighted by Gasteiger charge is -2.13. The number of hydrogen-bond donors (Lipinski definition) is 3. The van der Waals surface area contributed by atoms with Gasteiger partial charge in [0.1, 0.15) is 17.2 Å². The molecule has 3 N–H and O–H groups in total. The summed E-state index contributed by atoms with van der Waals surface area (Å²) in [7, 11) is 0. The first-order valence-electron chi connectivity index (χ1n) is 8.97. The van der Waals surface area contributed by atoms with Crippen LogP contribution in [0.15, 0.2) is 42.5 Å². The highest BCUT2D eigenvalue weighted by molar-refractivity contribution is 5.78. The highest BCUT2D eigenvalue weighted by Crippen LogP contribution is 2.39. The van der Waals surface area contributed by atoms with E-state index in [2.05, 4.69) is 0 Å². The second-order valence-corrected chi connectivity index (χ2v) is 7.25. The smallest absolute Gasteiger partial charge is 0.126 e. The number of benzene rings is 3. The molecule has 3 rings (SSSR count). The van der Waals surface area contributed by atoms with Crippen molar-refractivity contribution in [3.8, 4) is 28.4 Å². The van der Waals surface area contributed by atoms with Gasteiger partial charge >= 0.3 is 0 Å². The number of phenols is 3. The second-order valence-electron chi connectivity index (χ2n) is 7.25. The molecule has 0 aliphatic heterocycles. The van der Waals surface area contributed by atoms with Gasteiger partial charge < -0.3 is 15.3 Å². The van der Waals surface area contributed by atoms with Gasteiger partial charge in [0.15, 0.2) is 0 Å². The molecular formula is C24H28O3. The molecule has 0 spiro atoms. The maximum atomic E-state index is 10.2. The third-order valence-corrected chi connectivity index (χ3v) is 4.53. The lowest BCUT2D eigenvalue weighted by Crippen LogP contribution is -1.89. The summed E-state index contributed by atoms with van der Waals surface area (Å²) in [6, 6.07) is 13.2. The monoisotopic (exact) mass is 364 g/mol. The predicted molar refractivity (Wildman–Crippen MR) is 112 cm³/mol. The Morgan fingerprint density at radius 3 is 1.26 bits per heavy atom. The molecule has 0 aliphatic rings. The maximum absolute atomic E-state index is 10.2. The molecule has 0 unspecified atom stereocenters. The molecule has 142 valence electrons. The quantitative estimate of drug-likeness (QED) is 0.496. The first-order chi connectivity index (χ1) is 12.6. The van der Waals surface area contributed by atoms with Crippen molar-refractivity contribution < 1.29 is 15.3 Å². The van der Waals surface area contributed by atoms with Crippen molar-refractivity contribution >= 4 is 0 Å². The lowest BCUT2D eigenvalue weighted by atomic mass is 9.95. The van der Waals surface area contributed by atoms with Gasteiger partial charge in [0.2, 0.25) is 0 Å². The number of aromatic hydroxyl groups is 3. The molecule has 3 aromatic rings. The molecule has 27 heavy (non-hydrogen) atoms. The highest BCUT2D eigenvalue weighted by atomic mass is 16.3. The fraction of sp³-hybridized carbons (Fsp3) is 0.250. The van der Waals surface area contributed by atoms with E-state index in [0.29, 0.717) is 16.9 Å². The van der Waals surface area contributed by atoms with E-state index in [1.54, 1.807) is 6.07 Å². The van der Waals surface area contributed by atoms with E-state index < -0.39 is 0 Å². The molecule has 0 atom stereocenters. The Bertz CT molecular complexity index is 916. The largest absolute Gasteiger partial charge is 0.508 e. The minimum Gasteiger partial charge on any atom is -0.508 e. The molecule has 0 saturated heterocycles. The van der Waals surface area contributed by atoms with Gasteiger partial charge in [-0.25, -0.2) is 0 Å². The summed E-state index contributed by atoms with van der Waals surface area (Å²) in [5, 5.41) is 29.4. The van der Waals surface area contributed by atoms with Crippen molar-refractivity contribution in [2.24, 2.45) is 0 Å². The first kappa shape index (κ1) is 20.4. The summed E-state index contributed by atoms with van der Waals surface area (Å²) in [4.78, 5) is 0. The van der Waals surface area contributed by atoms with Crippen LogP contribution in [-0.4, -0.2) is 15.3 Å². The third-order valence-electron chi connectivity index (χ3n) is 4.53. The minimum atomic E-state index is 0.237. The van der Waals surface area contributed by atoms with Crippen molar-refractivity contribution in [1.82, 2.24) is 0 Å². The summed E-state index contributed by atoms with van der Waals surface area (Å²) in [6.07, 6.45) is 0. The predicted octanol–water partition coefficient (Wildman–Crippen LogP) is 6.01. The van der Waals surface area contributed by atoms with Gasteiger partial charge in [0.05, 0.1) is 0 Å². The van der Waals surface area contributed by atoms with Crippen LogP contribution in [-0.2, 0) is 0 Å². The Kier molecular flexibility index (Phi) is 6.17. The fourth-order valence-electron chi connectivity index (χ4n) is 3.14. The van der Waals surface area contributed by atoms with Gasteiger partial charge in [-0.15, -0.1) is 0 Å². The van der Waals surface area contributed by atoms with E-state index in [1.165, 1.54) is 5.56 Å². The van der Waals surface area contributed by atoms with Gasteiger partial charge in [-0.05, 0) is 87.6 Å². The number of hydrogen-bond acceptors (Lipinski definition) is 3. The summed E-state index contributed by atoms with van der Waals surface area (Å²) in [5.74, 6) is 0.849. The van der Waals surface area contributed by atoms with Crippen molar-refractivity contribution in [1.29, 1.82) is 0 Å². The Balaban J connectivity index is 0.000000244. The van der Waals surface area contributed by atoms with Crippen molar-refractivity contribution in [3.05, 3.63) is 75.8 Å². The summed E-state index contributed by atoms with van der Waals surface area (Å²) in [6.45, 7) is 11.6. The molecule has 0 fully saturated rings. The topological polar surface area (TPSA) is 60.7 Å². The van der Waals surface area contributed by atoms with E-state index in [0.717, 1.165) is 27.8 Å². The Hall–Kier alpha value is -2.94. The van der Waals surface area contributed by atoms with Crippen LogP contribution >= 0.6 is 0 Å². The molecule has 3 aromatic carbocycles. The number of aryl methyl sites for hydroxylation is 6. The second kappa shape index (κ2) is 8.17. The standard InChI is InChI=1S/C16H18O2.C8H10O/c1-9-5-11(3)15(17)13(7-9)14-8-10(2)6-12(4)16(14)18;1-6-3-4-8(9)7(2)5-6/h5-8,17-18H,1-4H3;3-5,9H,1-2H3. The van der Waals surface area contributed by atoms with Crippen LogP contribution in [0.1, 0.15) is 33.4 Å². The molecule has 3 heteroatoms. The van der Waals surface area contributed by atoms with E-state index in [9.17, 15) is 10.2 Å². The summed E-state index contributed by atoms with van der Waals surface area (Å²) < 4.78 is 0. The van der Waals surface area contributed by atoms with Crippen LogP contribution < -0.4 is 0 Å². The molecule has 0 heterocycles. The van der Waals surface area contributed by atoms with E-state index in [-0.39, 0.29) is 11.5 Å². The summed E-state index contributed by atoms with van der Waals surface area (Å²) >= 11 is 0. The molecule has 0 bridgehead atoms. The van der Waals surface area contributed by atoms with E-state index in [1.807, 2.05) is 77.9 Å². The zero-order valence-corrected chi connectivity index (χ0v) is 16.9. The molecule has 0 saturated carbocycles. The van der Waals surface area contributed by atoms with Crippen LogP contribution in [0.3, 0.4) is 0 Å². The minimum absolute atomic E-state index is 0.237. The van der Waals surface area contributed by atoms with Gasteiger partial charge in [-0.1, -0.05) is 29.8 Å². The van der Waals surface area contributed by atoms with Gasteiger partial charge in [-0.3, -0.25) is 0 Å². The summed E-state index contributed by atoms with van der Waals surface area (Å²) in [5.41, 5.74) is 7.29. The van der Waals surface area contributed by atoms with E-state index in [4.69, 9.17) is 5.11 Å². The Morgan fingerprint density at radius 1 is 0.481 bits per heavy atom. The van der Waals surface area contributed by atoms with Crippen molar-refractivity contribution in [3.63, 3.8) is 0 Å². The van der Waals surface area contributed by atoms with Crippen LogP contribution in [0.2, 0.25) is 0 Å². The van der Waals surface area contributed by atoms with Gasteiger partial charge in [0.25, 0.3) is 0 Å². The fourth-order valence-corrected chi connectivity index (χ4v) is 3.14. The maximum Gasteiger partial charge on any atom is 0.126 e. The van der Waals surface area contributed by atoms with Crippen LogP contribution in [0, 0.1) is 41.5 Å². The van der Waals surface area contributed by atoms with Gasteiger partial charge in [-0.2, -0.15) is 0 Å². The Labute approximate surface area is 161 Å². The lowest BCUT2D eigenvalue weighted by molar-refractivity contribution is 0.465. The zero-order valence-electron chi connectivity index (χ0n) is 16.9. The average Bonchev–Trinajstić information content (AvgIpc) is 2.58. The van der Waals surface area contributed by atoms with Crippen LogP contribution in [0.25, 0.3) is 11.1 Å². The van der Waals surface area contributed by atoms with E-state index >= 15 is 0 Å². The molecular weight excluding hydrogens is 336 g/mol. The van der Waals surface area contributed by atoms with Crippen LogP contribution in [0.4, 0.5) is 0 Å². The number of phenolic OH excluding ortho intramolecular Hbond substituents is 3. The molecule has 0 radical (unpaired) electrons. The first-order valence-corrected chi connectivity index (χ1v) is 8.97. The molecule has 0 aliphatic carbocycles. The Morgan fingerprint density at radius 2 is 0.889 bits per heavy atom. The zero-order chi connectivity index (χ0) is 20.3. The number of rotatable bonds is 1.